The summed E-state index contributed by atoms with van der Waals surface area (Å²) in [6.45, 7) is 5.44. The van der Waals surface area contributed by atoms with Crippen LogP contribution in [0.25, 0.3) is 0 Å². The number of nitrogens with zero attached hydrogens (tertiary/aromatic N) is 3. The Balaban J connectivity index is 1.68. The molecule has 6 nitrogen and oxygen atoms in total. The van der Waals surface area contributed by atoms with Gasteiger partial charge in [0.25, 0.3) is 0 Å². The Morgan fingerprint density at radius 2 is 1.82 bits per heavy atom. The number of carbonyl (C=O) groups excluding carboxylic acids is 2. The zero-order valence-electron chi connectivity index (χ0n) is 19.8. The first-order valence-electron chi connectivity index (χ1n) is 12.0. The number of benzene rings is 1. The van der Waals surface area contributed by atoms with Gasteiger partial charge >= 0.3 is 0 Å². The Labute approximate surface area is 206 Å². The van der Waals surface area contributed by atoms with Crippen molar-refractivity contribution in [2.45, 2.75) is 52.1 Å². The predicted molar refractivity (Wildman–Crippen MR) is 134 cm³/mol. The van der Waals surface area contributed by atoms with Gasteiger partial charge in [-0.25, -0.2) is 0 Å². The monoisotopic (exact) mass is 517 g/mol. The fourth-order valence-corrected chi connectivity index (χ4v) is 4.15. The molecule has 0 unspecified atom stereocenters. The molecule has 1 aliphatic rings. The van der Waals surface area contributed by atoms with E-state index >= 15 is 0 Å². The lowest BCUT2D eigenvalue weighted by Crippen LogP contribution is -2.44. The highest BCUT2D eigenvalue weighted by Crippen LogP contribution is 2.31. The quantitative estimate of drug-likeness (QED) is 0.341. The second-order valence-electron chi connectivity index (χ2n) is 8.80. The van der Waals surface area contributed by atoms with Crippen LogP contribution in [0.3, 0.4) is 0 Å². The highest BCUT2D eigenvalue weighted by Gasteiger charge is 2.34. The number of unbranched alkanes of at least 4 members (excludes halogenated alkanes) is 1. The minimum absolute atomic E-state index is 0.0197. The summed E-state index contributed by atoms with van der Waals surface area (Å²) in [5.41, 5.74) is 2.31. The number of aromatic nitrogens is 1. The van der Waals surface area contributed by atoms with Gasteiger partial charge in [-0.2, -0.15) is 0 Å². The summed E-state index contributed by atoms with van der Waals surface area (Å²) in [5, 5.41) is 0. The van der Waals surface area contributed by atoms with E-state index in [-0.39, 0.29) is 24.3 Å². The van der Waals surface area contributed by atoms with Crippen molar-refractivity contribution in [1.29, 1.82) is 0 Å². The van der Waals surface area contributed by atoms with Gasteiger partial charge in [-0.05, 0) is 55.5 Å². The van der Waals surface area contributed by atoms with Crippen LogP contribution in [-0.2, 0) is 27.4 Å². The normalized spacial score (nSPS) is 13.2. The maximum Gasteiger partial charge on any atom is 0.242 e. The lowest BCUT2D eigenvalue weighted by Gasteiger charge is -2.28. The molecule has 3 rings (SSSR count). The number of rotatable bonds is 14. The molecule has 0 saturated heterocycles. The Morgan fingerprint density at radius 1 is 1.09 bits per heavy atom. The van der Waals surface area contributed by atoms with Crippen molar-refractivity contribution >= 4 is 27.7 Å². The van der Waals surface area contributed by atoms with Gasteiger partial charge in [0.15, 0.2) is 0 Å². The first-order chi connectivity index (χ1) is 16.0. The van der Waals surface area contributed by atoms with Gasteiger partial charge in [0.1, 0.15) is 0 Å². The second kappa shape index (κ2) is 12.9. The Kier molecular flexibility index (Phi) is 10.0. The maximum atomic E-state index is 13.4. The van der Waals surface area contributed by atoms with E-state index in [2.05, 4.69) is 51.8 Å². The number of ether oxygens (including phenoxy) is 1. The average Bonchev–Trinajstić information content (AvgIpc) is 3.57. The lowest BCUT2D eigenvalue weighted by atomic mass is 10.2. The minimum Gasteiger partial charge on any atom is -0.385 e. The smallest absolute Gasteiger partial charge is 0.242 e. The third-order valence-electron chi connectivity index (χ3n) is 6.02. The van der Waals surface area contributed by atoms with Crippen LogP contribution in [-0.4, -0.2) is 59.5 Å². The van der Waals surface area contributed by atoms with Gasteiger partial charge < -0.3 is 19.1 Å². The summed E-state index contributed by atoms with van der Waals surface area (Å²) in [5.74, 6) is 0.243. The van der Waals surface area contributed by atoms with Crippen LogP contribution in [0.15, 0.2) is 47.1 Å². The van der Waals surface area contributed by atoms with Gasteiger partial charge in [-0.3, -0.25) is 9.59 Å². The van der Waals surface area contributed by atoms with E-state index in [1.165, 1.54) is 5.56 Å². The van der Waals surface area contributed by atoms with Crippen LogP contribution in [0.5, 0.6) is 0 Å². The van der Waals surface area contributed by atoms with E-state index < -0.39 is 0 Å². The number of hydrogen-bond donors (Lipinski definition) is 0. The zero-order chi connectivity index (χ0) is 23.6. The fourth-order valence-electron chi connectivity index (χ4n) is 3.89. The molecule has 1 aromatic heterocycles. The van der Waals surface area contributed by atoms with E-state index in [0.717, 1.165) is 48.8 Å². The molecule has 1 aliphatic carbocycles. The van der Waals surface area contributed by atoms with E-state index in [1.807, 2.05) is 23.1 Å². The Bertz CT molecular complexity index is 892. The van der Waals surface area contributed by atoms with E-state index in [4.69, 9.17) is 4.74 Å². The van der Waals surface area contributed by atoms with Crippen molar-refractivity contribution in [2.75, 3.05) is 33.4 Å². The Hall–Kier alpha value is -2.12. The molecule has 1 aromatic carbocycles. The second-order valence-corrected chi connectivity index (χ2v) is 9.72. The van der Waals surface area contributed by atoms with Crippen molar-refractivity contribution in [3.63, 3.8) is 0 Å². The van der Waals surface area contributed by atoms with Gasteiger partial charge in [-0.1, -0.05) is 41.4 Å². The molecule has 2 amide bonds. The van der Waals surface area contributed by atoms with Gasteiger partial charge in [-0.15, -0.1) is 0 Å². The van der Waals surface area contributed by atoms with Crippen LogP contribution < -0.4 is 0 Å². The predicted octanol–water partition coefficient (Wildman–Crippen LogP) is 4.70. The fraction of sp³-hybridized carbons (Fsp3) is 0.538. The van der Waals surface area contributed by atoms with Crippen LogP contribution in [0, 0.1) is 5.92 Å². The molecule has 33 heavy (non-hydrogen) atoms. The Morgan fingerprint density at radius 3 is 2.48 bits per heavy atom. The number of halogens is 1. The van der Waals surface area contributed by atoms with Crippen LogP contribution in [0.4, 0.5) is 0 Å². The number of hydrogen-bond acceptors (Lipinski definition) is 3. The molecule has 0 bridgehead atoms. The molecule has 0 atom stereocenters. The van der Waals surface area contributed by atoms with Crippen LogP contribution in [0.1, 0.15) is 50.3 Å². The lowest BCUT2D eigenvalue weighted by molar-refractivity contribution is -0.141. The van der Waals surface area contributed by atoms with Crippen LogP contribution >= 0.6 is 15.9 Å². The van der Waals surface area contributed by atoms with Crippen molar-refractivity contribution in [3.05, 3.63) is 58.3 Å². The van der Waals surface area contributed by atoms with Crippen LogP contribution in [0.2, 0.25) is 0 Å². The molecule has 180 valence electrons. The van der Waals surface area contributed by atoms with Crippen molar-refractivity contribution < 1.29 is 14.3 Å². The topological polar surface area (TPSA) is 54.8 Å². The largest absolute Gasteiger partial charge is 0.385 e. The zero-order valence-corrected chi connectivity index (χ0v) is 21.4. The van der Waals surface area contributed by atoms with E-state index in [0.29, 0.717) is 26.2 Å². The first-order valence-corrected chi connectivity index (χ1v) is 12.7. The molecular formula is C26H36BrN3O3. The summed E-state index contributed by atoms with van der Waals surface area (Å²) in [6.07, 6.45) is 6.65. The van der Waals surface area contributed by atoms with Crippen molar-refractivity contribution in [2.24, 2.45) is 5.92 Å². The van der Waals surface area contributed by atoms with Gasteiger partial charge in [0, 0.05) is 55.6 Å². The molecule has 0 aliphatic heterocycles. The molecule has 0 spiro atoms. The summed E-state index contributed by atoms with van der Waals surface area (Å²) < 4.78 is 8.41. The SMILES string of the molecule is CCCCN(Cc1cccn1Cc1ccc(Br)cc1)C(=O)CN(CCCOC)C(=O)C1CC1. The number of amides is 2. The third kappa shape index (κ3) is 8.00. The molecule has 1 saturated carbocycles. The molecule has 1 fully saturated rings. The number of carbonyl (C=O) groups is 2. The molecule has 7 heteroatoms. The van der Waals surface area contributed by atoms with E-state index in [1.54, 1.807) is 12.0 Å². The third-order valence-corrected chi connectivity index (χ3v) is 6.55. The summed E-state index contributed by atoms with van der Waals surface area (Å²) in [4.78, 5) is 29.8. The van der Waals surface area contributed by atoms with Gasteiger partial charge in [0.2, 0.25) is 11.8 Å². The average molecular weight is 518 g/mol. The van der Waals surface area contributed by atoms with Gasteiger partial charge in [0.05, 0.1) is 13.1 Å². The first kappa shape index (κ1) is 25.5. The summed E-state index contributed by atoms with van der Waals surface area (Å²) in [7, 11) is 1.66. The molecule has 0 radical (unpaired) electrons. The van der Waals surface area contributed by atoms with Crippen molar-refractivity contribution in [3.8, 4) is 0 Å². The summed E-state index contributed by atoms with van der Waals surface area (Å²) >= 11 is 3.49. The molecule has 1 heterocycles. The molecular weight excluding hydrogens is 482 g/mol. The minimum atomic E-state index is 0.0197. The highest BCUT2D eigenvalue weighted by atomic mass is 79.9. The molecule has 2 aromatic rings. The maximum absolute atomic E-state index is 13.4. The molecule has 0 N–H and O–H groups in total. The highest BCUT2D eigenvalue weighted by molar-refractivity contribution is 9.10. The standard InChI is InChI=1S/C26H36BrN3O3/c1-3-4-14-29(25(31)20-30(16-6-17-33-2)26(32)22-10-11-22)19-24-7-5-15-28(24)18-21-8-12-23(27)13-9-21/h5,7-9,12-13,15,22H,3-4,6,10-11,14,16-20H2,1-2H3. The van der Waals surface area contributed by atoms with E-state index in [9.17, 15) is 9.59 Å². The van der Waals surface area contributed by atoms with Crippen molar-refractivity contribution in [1.82, 2.24) is 14.4 Å². The summed E-state index contributed by atoms with van der Waals surface area (Å²) in [6, 6.07) is 12.4. The number of methoxy groups -OCH3 is 1.